The highest BCUT2D eigenvalue weighted by Gasteiger charge is 2.24. The second kappa shape index (κ2) is 7.11. The van der Waals surface area contributed by atoms with Crippen LogP contribution in [0.15, 0.2) is 18.2 Å². The van der Waals surface area contributed by atoms with Gasteiger partial charge in [0, 0.05) is 5.69 Å². The van der Waals surface area contributed by atoms with Crippen molar-refractivity contribution in [1.82, 2.24) is 10.3 Å². The molecule has 1 amide bonds. The van der Waals surface area contributed by atoms with E-state index in [1.165, 1.54) is 0 Å². The Kier molecular flexibility index (Phi) is 4.88. The number of H-pyrrole nitrogens is 1. The molecule has 0 radical (unpaired) electrons. The number of rotatable bonds is 5. The summed E-state index contributed by atoms with van der Waals surface area (Å²) in [5.74, 6) is 0.652. The molecule has 0 spiro atoms. The van der Waals surface area contributed by atoms with E-state index in [0.29, 0.717) is 34.0 Å². The Hall–Kier alpha value is -2.96. The van der Waals surface area contributed by atoms with Gasteiger partial charge in [0.15, 0.2) is 11.5 Å². The summed E-state index contributed by atoms with van der Waals surface area (Å²) < 4.78 is 15.7. The van der Waals surface area contributed by atoms with Crippen molar-refractivity contribution in [3.63, 3.8) is 0 Å². The molecule has 1 atom stereocenters. The maximum atomic E-state index is 12.8. The van der Waals surface area contributed by atoms with Crippen LogP contribution in [0.5, 0.6) is 11.5 Å². The van der Waals surface area contributed by atoms with Gasteiger partial charge < -0.3 is 24.5 Å². The summed E-state index contributed by atoms with van der Waals surface area (Å²) in [5.41, 5.74) is 2.88. The Morgan fingerprint density at radius 3 is 2.73 bits per heavy atom. The molecule has 1 aromatic heterocycles. The van der Waals surface area contributed by atoms with E-state index in [9.17, 15) is 9.59 Å². The fourth-order valence-corrected chi connectivity index (χ4v) is 3.03. The van der Waals surface area contributed by atoms with E-state index in [1.807, 2.05) is 25.1 Å². The predicted molar refractivity (Wildman–Crippen MR) is 94.7 cm³/mol. The standard InChI is InChI=1S/C19H22N2O5/c1-5-24-19(23)17-10(2)16(12(4)20-17)18(22)21-11(3)13-6-7-14-15(8-13)26-9-25-14/h6-8,11,20H,5,9H2,1-4H3,(H,21,22)/t11-/m0/s1. The molecule has 26 heavy (non-hydrogen) atoms. The zero-order valence-electron chi connectivity index (χ0n) is 15.3. The third kappa shape index (κ3) is 3.24. The Morgan fingerprint density at radius 2 is 2.00 bits per heavy atom. The summed E-state index contributed by atoms with van der Waals surface area (Å²) in [6, 6.07) is 5.33. The molecule has 1 aromatic carbocycles. The molecule has 7 heteroatoms. The Morgan fingerprint density at radius 1 is 1.27 bits per heavy atom. The number of aromatic nitrogens is 1. The largest absolute Gasteiger partial charge is 0.461 e. The number of nitrogens with one attached hydrogen (secondary N) is 2. The molecule has 0 aliphatic carbocycles. The minimum absolute atomic E-state index is 0.206. The summed E-state index contributed by atoms with van der Waals surface area (Å²) in [6.07, 6.45) is 0. The summed E-state index contributed by atoms with van der Waals surface area (Å²) in [6.45, 7) is 7.60. The van der Waals surface area contributed by atoms with E-state index in [2.05, 4.69) is 10.3 Å². The number of benzene rings is 1. The quantitative estimate of drug-likeness (QED) is 0.802. The fourth-order valence-electron chi connectivity index (χ4n) is 3.03. The molecule has 2 heterocycles. The van der Waals surface area contributed by atoms with Crippen molar-refractivity contribution in [2.75, 3.05) is 13.4 Å². The van der Waals surface area contributed by atoms with Gasteiger partial charge in [-0.3, -0.25) is 4.79 Å². The number of aryl methyl sites for hydroxylation is 1. The topological polar surface area (TPSA) is 89.7 Å². The molecule has 0 unspecified atom stereocenters. The van der Waals surface area contributed by atoms with E-state index >= 15 is 0 Å². The molecule has 0 bridgehead atoms. The molecule has 138 valence electrons. The third-order valence-electron chi connectivity index (χ3n) is 4.39. The summed E-state index contributed by atoms with van der Waals surface area (Å²) in [7, 11) is 0. The molecular weight excluding hydrogens is 336 g/mol. The van der Waals surface area contributed by atoms with Crippen LogP contribution in [-0.4, -0.2) is 30.3 Å². The van der Waals surface area contributed by atoms with Crippen LogP contribution >= 0.6 is 0 Å². The lowest BCUT2D eigenvalue weighted by Crippen LogP contribution is -2.27. The predicted octanol–water partition coefficient (Wildman–Crippen LogP) is 3.03. The van der Waals surface area contributed by atoms with Gasteiger partial charge in [0.25, 0.3) is 5.91 Å². The third-order valence-corrected chi connectivity index (χ3v) is 4.39. The van der Waals surface area contributed by atoms with Crippen LogP contribution in [-0.2, 0) is 4.74 Å². The summed E-state index contributed by atoms with van der Waals surface area (Å²) >= 11 is 0. The maximum Gasteiger partial charge on any atom is 0.355 e. The number of aromatic amines is 1. The van der Waals surface area contributed by atoms with Crippen molar-refractivity contribution in [3.05, 3.63) is 46.3 Å². The molecule has 1 aliphatic heterocycles. The number of carbonyl (C=O) groups excluding carboxylic acids is 2. The van der Waals surface area contributed by atoms with Crippen molar-refractivity contribution < 1.29 is 23.8 Å². The second-order valence-corrected chi connectivity index (χ2v) is 6.15. The van der Waals surface area contributed by atoms with Crippen LogP contribution in [0.1, 0.15) is 57.6 Å². The highest BCUT2D eigenvalue weighted by atomic mass is 16.7. The van der Waals surface area contributed by atoms with Crippen molar-refractivity contribution >= 4 is 11.9 Å². The molecular formula is C19H22N2O5. The maximum absolute atomic E-state index is 12.8. The highest BCUT2D eigenvalue weighted by molar-refractivity contribution is 6.01. The molecule has 0 fully saturated rings. The molecule has 0 saturated carbocycles. The lowest BCUT2D eigenvalue weighted by atomic mass is 10.1. The van der Waals surface area contributed by atoms with Crippen LogP contribution in [0.25, 0.3) is 0 Å². The average molecular weight is 358 g/mol. The number of esters is 1. The minimum Gasteiger partial charge on any atom is -0.461 e. The van der Waals surface area contributed by atoms with Crippen LogP contribution < -0.4 is 14.8 Å². The van der Waals surface area contributed by atoms with Crippen molar-refractivity contribution in [2.45, 2.75) is 33.7 Å². The smallest absolute Gasteiger partial charge is 0.355 e. The average Bonchev–Trinajstić information content (AvgIpc) is 3.18. The van der Waals surface area contributed by atoms with Gasteiger partial charge in [0.2, 0.25) is 6.79 Å². The van der Waals surface area contributed by atoms with E-state index < -0.39 is 5.97 Å². The van der Waals surface area contributed by atoms with Gasteiger partial charge in [0.1, 0.15) is 5.69 Å². The second-order valence-electron chi connectivity index (χ2n) is 6.15. The Bertz CT molecular complexity index is 856. The van der Waals surface area contributed by atoms with E-state index in [-0.39, 0.29) is 25.3 Å². The van der Waals surface area contributed by atoms with Crippen LogP contribution in [0.4, 0.5) is 0 Å². The number of fused-ring (bicyclic) bond motifs is 1. The summed E-state index contributed by atoms with van der Waals surface area (Å²) in [5, 5.41) is 2.96. The first-order valence-corrected chi connectivity index (χ1v) is 8.49. The van der Waals surface area contributed by atoms with Crippen molar-refractivity contribution in [3.8, 4) is 11.5 Å². The van der Waals surface area contributed by atoms with Crippen LogP contribution in [0.2, 0.25) is 0 Å². The molecule has 0 saturated heterocycles. The first kappa shape index (κ1) is 17.8. The number of carbonyl (C=O) groups is 2. The SMILES string of the molecule is CCOC(=O)c1[nH]c(C)c(C(=O)N[C@@H](C)c2ccc3c(c2)OCO3)c1C. The number of hydrogen-bond donors (Lipinski definition) is 2. The van der Waals surface area contributed by atoms with Gasteiger partial charge >= 0.3 is 5.97 Å². The first-order valence-electron chi connectivity index (χ1n) is 8.49. The molecule has 7 nitrogen and oxygen atoms in total. The van der Waals surface area contributed by atoms with Gasteiger partial charge in [-0.05, 0) is 51.0 Å². The lowest BCUT2D eigenvalue weighted by Gasteiger charge is -2.15. The molecule has 3 rings (SSSR count). The first-order chi connectivity index (χ1) is 12.4. The number of amides is 1. The van der Waals surface area contributed by atoms with E-state index in [0.717, 1.165) is 5.56 Å². The Labute approximate surface area is 151 Å². The zero-order valence-corrected chi connectivity index (χ0v) is 15.3. The zero-order chi connectivity index (χ0) is 18.8. The van der Waals surface area contributed by atoms with Crippen molar-refractivity contribution in [2.24, 2.45) is 0 Å². The van der Waals surface area contributed by atoms with Crippen LogP contribution in [0, 0.1) is 13.8 Å². The van der Waals surface area contributed by atoms with Gasteiger partial charge in [-0.2, -0.15) is 0 Å². The molecule has 2 aromatic rings. The monoisotopic (exact) mass is 358 g/mol. The minimum atomic E-state index is -0.462. The van der Waals surface area contributed by atoms with Gasteiger partial charge in [0.05, 0.1) is 18.2 Å². The summed E-state index contributed by atoms with van der Waals surface area (Å²) in [4.78, 5) is 27.7. The van der Waals surface area contributed by atoms with E-state index in [4.69, 9.17) is 14.2 Å². The fraction of sp³-hybridized carbons (Fsp3) is 0.368. The van der Waals surface area contributed by atoms with Crippen molar-refractivity contribution in [1.29, 1.82) is 0 Å². The number of ether oxygens (including phenoxy) is 3. The van der Waals surface area contributed by atoms with Gasteiger partial charge in [-0.25, -0.2) is 4.79 Å². The van der Waals surface area contributed by atoms with E-state index in [1.54, 1.807) is 20.8 Å². The highest BCUT2D eigenvalue weighted by Crippen LogP contribution is 2.34. The molecule has 1 aliphatic rings. The van der Waals surface area contributed by atoms with Gasteiger partial charge in [-0.15, -0.1) is 0 Å². The Balaban J connectivity index is 1.78. The van der Waals surface area contributed by atoms with Crippen LogP contribution in [0.3, 0.4) is 0 Å². The lowest BCUT2D eigenvalue weighted by molar-refractivity contribution is 0.0519. The normalized spacial score (nSPS) is 13.4. The van der Waals surface area contributed by atoms with Gasteiger partial charge in [-0.1, -0.05) is 6.07 Å². The molecule has 2 N–H and O–H groups in total. The number of hydrogen-bond acceptors (Lipinski definition) is 5.